The molecule has 2 aliphatic rings. The maximum atomic E-state index is 14.6. The molecule has 2 heterocycles. The van der Waals surface area contributed by atoms with E-state index < -0.39 is 0 Å². The molecule has 1 saturated carbocycles. The lowest BCUT2D eigenvalue weighted by atomic mass is 10.1. The lowest BCUT2D eigenvalue weighted by Gasteiger charge is -2.20. The Balaban J connectivity index is 1.41. The summed E-state index contributed by atoms with van der Waals surface area (Å²) in [5.41, 5.74) is 0.822. The molecule has 2 fully saturated rings. The number of nitrogens with zero attached hydrogens (tertiary/aromatic N) is 4. The number of halogens is 1. The van der Waals surface area contributed by atoms with Crippen molar-refractivity contribution in [3.05, 3.63) is 41.2 Å². The van der Waals surface area contributed by atoms with Crippen molar-refractivity contribution >= 4 is 5.96 Å². The smallest absolute Gasteiger partial charge is 0.192 e. The summed E-state index contributed by atoms with van der Waals surface area (Å²) in [7, 11) is 1.92. The summed E-state index contributed by atoms with van der Waals surface area (Å²) in [5.74, 6) is 2.80. The van der Waals surface area contributed by atoms with Crippen LogP contribution in [0.15, 0.2) is 23.2 Å². The van der Waals surface area contributed by atoms with Crippen LogP contribution in [0.4, 0.5) is 4.39 Å². The van der Waals surface area contributed by atoms with Gasteiger partial charge >= 0.3 is 0 Å². The summed E-state index contributed by atoms with van der Waals surface area (Å²) in [4.78, 5) is 4.69. The van der Waals surface area contributed by atoms with Gasteiger partial charge in [0.1, 0.15) is 12.4 Å². The summed E-state index contributed by atoms with van der Waals surface area (Å²) in [6.07, 6.45) is 4.64. The standard InChI is InChI=1S/C23H33FN6O2/c1-15(18-8-9-21(20(24)11-18)32-14-17-6-7-17)27-23(25-12-19-5-4-10-31-19)26-13-22-29-28-16(2)30(22)3/h8-9,11,15,17,19H,4-7,10,12-14H2,1-3H3,(H2,25,26,27). The number of aryl methyl sites for hydroxylation is 1. The molecule has 2 N–H and O–H groups in total. The normalized spacial score (nSPS) is 19.8. The van der Waals surface area contributed by atoms with Gasteiger partial charge in [-0.25, -0.2) is 9.38 Å². The van der Waals surface area contributed by atoms with E-state index in [0.717, 1.165) is 36.7 Å². The number of hydrogen-bond acceptors (Lipinski definition) is 5. The maximum absolute atomic E-state index is 14.6. The van der Waals surface area contributed by atoms with Crippen LogP contribution < -0.4 is 15.4 Å². The molecule has 0 amide bonds. The fourth-order valence-corrected chi connectivity index (χ4v) is 3.59. The molecule has 0 bridgehead atoms. The molecule has 0 spiro atoms. The third-order valence-electron chi connectivity index (χ3n) is 6.06. The summed E-state index contributed by atoms with van der Waals surface area (Å²) in [5, 5.41) is 15.0. The summed E-state index contributed by atoms with van der Waals surface area (Å²) in [6.45, 7) is 6.33. The summed E-state index contributed by atoms with van der Waals surface area (Å²) >= 11 is 0. The minimum Gasteiger partial charge on any atom is -0.490 e. The van der Waals surface area contributed by atoms with Crippen LogP contribution >= 0.6 is 0 Å². The van der Waals surface area contributed by atoms with Gasteiger partial charge in [-0.05, 0) is 63.1 Å². The van der Waals surface area contributed by atoms with Gasteiger partial charge in [0.2, 0.25) is 0 Å². The van der Waals surface area contributed by atoms with E-state index in [2.05, 4.69) is 25.8 Å². The van der Waals surface area contributed by atoms with Gasteiger partial charge in [0.25, 0.3) is 0 Å². The van der Waals surface area contributed by atoms with Crippen molar-refractivity contribution in [2.24, 2.45) is 18.0 Å². The molecular weight excluding hydrogens is 411 g/mol. The quantitative estimate of drug-likeness (QED) is 0.457. The molecule has 174 valence electrons. The molecule has 1 aliphatic heterocycles. The zero-order valence-corrected chi connectivity index (χ0v) is 19.1. The van der Waals surface area contributed by atoms with E-state index in [4.69, 9.17) is 9.47 Å². The Kier molecular flexibility index (Phi) is 7.24. The second kappa shape index (κ2) is 10.3. The van der Waals surface area contributed by atoms with Crippen molar-refractivity contribution in [2.75, 3.05) is 19.8 Å². The van der Waals surface area contributed by atoms with Gasteiger partial charge in [-0.2, -0.15) is 0 Å². The number of ether oxygens (including phenoxy) is 2. The molecule has 1 aromatic heterocycles. The molecular formula is C23H33FN6O2. The van der Waals surface area contributed by atoms with Gasteiger partial charge in [-0.15, -0.1) is 10.2 Å². The van der Waals surface area contributed by atoms with Crippen molar-refractivity contribution in [2.45, 2.75) is 58.2 Å². The second-order valence-corrected chi connectivity index (χ2v) is 8.71. The second-order valence-electron chi connectivity index (χ2n) is 8.71. The molecule has 1 saturated heterocycles. The van der Waals surface area contributed by atoms with Gasteiger partial charge in [-0.3, -0.25) is 0 Å². The summed E-state index contributed by atoms with van der Waals surface area (Å²) in [6, 6.07) is 4.99. The average molecular weight is 445 g/mol. The Bertz CT molecular complexity index is 937. The van der Waals surface area contributed by atoms with Crippen LogP contribution in [0.2, 0.25) is 0 Å². The Morgan fingerprint density at radius 3 is 2.84 bits per heavy atom. The molecule has 1 aliphatic carbocycles. The highest BCUT2D eigenvalue weighted by atomic mass is 19.1. The van der Waals surface area contributed by atoms with E-state index in [1.165, 1.54) is 18.9 Å². The van der Waals surface area contributed by atoms with E-state index in [1.54, 1.807) is 6.07 Å². The van der Waals surface area contributed by atoms with Crippen molar-refractivity contribution < 1.29 is 13.9 Å². The van der Waals surface area contributed by atoms with Crippen molar-refractivity contribution in [3.8, 4) is 5.75 Å². The topological polar surface area (TPSA) is 85.6 Å². The monoisotopic (exact) mass is 444 g/mol. The van der Waals surface area contributed by atoms with Crippen LogP contribution in [-0.2, 0) is 18.3 Å². The van der Waals surface area contributed by atoms with Crippen molar-refractivity contribution in [1.82, 2.24) is 25.4 Å². The van der Waals surface area contributed by atoms with Crippen LogP contribution in [0.5, 0.6) is 5.75 Å². The fourth-order valence-electron chi connectivity index (χ4n) is 3.59. The van der Waals surface area contributed by atoms with E-state index in [1.807, 2.05) is 31.5 Å². The fraction of sp³-hybridized carbons (Fsp3) is 0.609. The molecule has 1 aromatic carbocycles. The Labute approximate surface area is 188 Å². The highest BCUT2D eigenvalue weighted by Gasteiger charge is 2.23. The van der Waals surface area contributed by atoms with Crippen molar-refractivity contribution in [3.63, 3.8) is 0 Å². The molecule has 8 nitrogen and oxygen atoms in total. The number of aromatic nitrogens is 3. The van der Waals surface area contributed by atoms with Gasteiger partial charge in [0, 0.05) is 20.2 Å². The predicted molar refractivity (Wildman–Crippen MR) is 120 cm³/mol. The van der Waals surface area contributed by atoms with Crippen molar-refractivity contribution in [1.29, 1.82) is 0 Å². The van der Waals surface area contributed by atoms with Crippen LogP contribution in [0.25, 0.3) is 0 Å². The number of nitrogens with one attached hydrogen (secondary N) is 2. The number of aliphatic imine (C=N–C) groups is 1. The summed E-state index contributed by atoms with van der Waals surface area (Å²) < 4.78 is 27.8. The Morgan fingerprint density at radius 2 is 2.19 bits per heavy atom. The molecule has 32 heavy (non-hydrogen) atoms. The molecule has 2 atom stereocenters. The first-order valence-corrected chi connectivity index (χ1v) is 11.4. The molecule has 9 heteroatoms. The van der Waals surface area contributed by atoms with Gasteiger partial charge in [-0.1, -0.05) is 6.07 Å². The van der Waals surface area contributed by atoms with E-state index in [-0.39, 0.29) is 18.0 Å². The number of hydrogen-bond donors (Lipinski definition) is 2. The van der Waals surface area contributed by atoms with Gasteiger partial charge in [0.15, 0.2) is 23.4 Å². The molecule has 4 rings (SSSR count). The van der Waals surface area contributed by atoms with E-state index >= 15 is 0 Å². The van der Waals surface area contributed by atoms with Crippen LogP contribution in [-0.4, -0.2) is 46.6 Å². The van der Waals surface area contributed by atoms with Crippen LogP contribution in [0.1, 0.15) is 55.9 Å². The molecule has 2 aromatic rings. The number of benzene rings is 1. The third kappa shape index (κ3) is 5.97. The highest BCUT2D eigenvalue weighted by molar-refractivity contribution is 5.80. The lowest BCUT2D eigenvalue weighted by Crippen LogP contribution is -2.42. The first-order chi connectivity index (χ1) is 15.5. The third-order valence-corrected chi connectivity index (χ3v) is 6.06. The zero-order chi connectivity index (χ0) is 22.5. The maximum Gasteiger partial charge on any atom is 0.192 e. The van der Waals surface area contributed by atoms with Gasteiger partial charge < -0.3 is 24.7 Å². The highest BCUT2D eigenvalue weighted by Crippen LogP contribution is 2.30. The van der Waals surface area contributed by atoms with E-state index in [9.17, 15) is 4.39 Å². The SMILES string of the molecule is Cc1nnc(CN=C(NCC2CCCO2)NC(C)c2ccc(OCC3CC3)c(F)c2)n1C. The predicted octanol–water partition coefficient (Wildman–Crippen LogP) is 3.03. The lowest BCUT2D eigenvalue weighted by molar-refractivity contribution is 0.113. The van der Waals surface area contributed by atoms with E-state index in [0.29, 0.717) is 37.3 Å². The van der Waals surface area contributed by atoms with Crippen LogP contribution in [0, 0.1) is 18.7 Å². The first kappa shape index (κ1) is 22.5. The minimum atomic E-state index is -0.336. The minimum absolute atomic E-state index is 0.154. The Morgan fingerprint density at radius 1 is 1.34 bits per heavy atom. The molecule has 0 radical (unpaired) electrons. The number of guanidine groups is 1. The molecule has 2 unspecified atom stereocenters. The van der Waals surface area contributed by atoms with Crippen LogP contribution in [0.3, 0.4) is 0 Å². The first-order valence-electron chi connectivity index (χ1n) is 11.4. The largest absolute Gasteiger partial charge is 0.490 e. The average Bonchev–Trinajstić information content (AvgIpc) is 3.36. The Hall–Kier alpha value is -2.68. The van der Waals surface area contributed by atoms with Gasteiger partial charge in [0.05, 0.1) is 18.8 Å². The number of rotatable bonds is 9. The zero-order valence-electron chi connectivity index (χ0n) is 19.1.